The van der Waals surface area contributed by atoms with Crippen molar-refractivity contribution in [1.29, 1.82) is 0 Å². The van der Waals surface area contributed by atoms with Crippen molar-refractivity contribution in [3.8, 4) is 0 Å². The van der Waals surface area contributed by atoms with Gasteiger partial charge in [-0.15, -0.1) is 0 Å². The van der Waals surface area contributed by atoms with Crippen LogP contribution in [0, 0.1) is 0 Å². The van der Waals surface area contributed by atoms with Gasteiger partial charge < -0.3 is 9.64 Å². The molecular formula is C5H7NO2. The number of carbonyl (C=O) groups is 1. The Bertz CT molecular complexity index is 120. The van der Waals surface area contributed by atoms with Crippen LogP contribution >= 0.6 is 0 Å². The molecule has 3 nitrogen and oxygen atoms in total. The molecule has 0 bridgehead atoms. The van der Waals surface area contributed by atoms with E-state index >= 15 is 0 Å². The second-order valence-corrected chi connectivity index (χ2v) is 2.12. The van der Waals surface area contributed by atoms with E-state index in [0.717, 1.165) is 13.2 Å². The van der Waals surface area contributed by atoms with Gasteiger partial charge in [-0.3, -0.25) is 4.79 Å². The average Bonchev–Trinajstić information content (AvgIpc) is 2.46. The van der Waals surface area contributed by atoms with Gasteiger partial charge in [0.25, 0.3) is 0 Å². The summed E-state index contributed by atoms with van der Waals surface area (Å²) < 4.78 is 5.03. The van der Waals surface area contributed by atoms with Crippen LogP contribution in [0.25, 0.3) is 0 Å². The maximum Gasteiger partial charge on any atom is 0.248 e. The van der Waals surface area contributed by atoms with Gasteiger partial charge in [0.15, 0.2) is 0 Å². The fourth-order valence-corrected chi connectivity index (χ4v) is 1.04. The van der Waals surface area contributed by atoms with Crippen LogP contribution in [0.1, 0.15) is 0 Å². The minimum atomic E-state index is 0.142. The number of fused-ring (bicyclic) bond motifs is 1. The van der Waals surface area contributed by atoms with Crippen LogP contribution in [0.4, 0.5) is 0 Å². The highest BCUT2D eigenvalue weighted by molar-refractivity contribution is 5.97. The third-order valence-electron chi connectivity index (χ3n) is 1.63. The number of carbonyl (C=O) groups excluding carboxylic acids is 1. The van der Waals surface area contributed by atoms with Crippen LogP contribution in [-0.4, -0.2) is 36.6 Å². The van der Waals surface area contributed by atoms with E-state index in [1.807, 2.05) is 4.90 Å². The van der Waals surface area contributed by atoms with Gasteiger partial charge in [-0.05, 0) is 0 Å². The molecule has 1 amide bonds. The Labute approximate surface area is 47.2 Å². The molecule has 0 radical (unpaired) electrons. The zero-order valence-corrected chi connectivity index (χ0v) is 4.46. The number of ether oxygens (including phenoxy) is 1. The van der Waals surface area contributed by atoms with Crippen LogP contribution in [-0.2, 0) is 9.53 Å². The molecule has 2 fully saturated rings. The Morgan fingerprint density at radius 2 is 2.62 bits per heavy atom. The molecule has 44 valence electrons. The number of hydrogen-bond acceptors (Lipinski definition) is 2. The summed E-state index contributed by atoms with van der Waals surface area (Å²) in [4.78, 5) is 12.4. The molecule has 0 aromatic heterocycles. The van der Waals surface area contributed by atoms with Crippen LogP contribution in [0.2, 0.25) is 0 Å². The normalized spacial score (nSPS) is 34.8. The molecule has 0 aliphatic carbocycles. The van der Waals surface area contributed by atoms with E-state index in [1.165, 1.54) is 0 Å². The molecule has 2 aliphatic heterocycles. The van der Waals surface area contributed by atoms with Crippen molar-refractivity contribution in [2.45, 2.75) is 6.04 Å². The summed E-state index contributed by atoms with van der Waals surface area (Å²) in [7, 11) is 0. The van der Waals surface area contributed by atoms with Gasteiger partial charge >= 0.3 is 0 Å². The van der Waals surface area contributed by atoms with Crippen molar-refractivity contribution >= 4 is 5.91 Å². The second-order valence-electron chi connectivity index (χ2n) is 2.12. The van der Waals surface area contributed by atoms with E-state index in [0.29, 0.717) is 6.61 Å². The maximum atomic E-state index is 10.6. The monoisotopic (exact) mass is 113 g/mol. The van der Waals surface area contributed by atoms with Crippen LogP contribution in [0.5, 0.6) is 0 Å². The summed E-state index contributed by atoms with van der Waals surface area (Å²) in [5, 5.41) is 0. The molecule has 0 aromatic carbocycles. The zero-order valence-electron chi connectivity index (χ0n) is 4.46. The van der Waals surface area contributed by atoms with Gasteiger partial charge in [0.2, 0.25) is 5.91 Å². The van der Waals surface area contributed by atoms with E-state index in [2.05, 4.69) is 0 Å². The predicted molar refractivity (Wildman–Crippen MR) is 26.3 cm³/mol. The molecule has 0 saturated carbocycles. The van der Waals surface area contributed by atoms with Gasteiger partial charge in [-0.25, -0.2) is 0 Å². The lowest BCUT2D eigenvalue weighted by Gasteiger charge is -2.08. The van der Waals surface area contributed by atoms with Gasteiger partial charge in [-0.2, -0.15) is 0 Å². The number of morpholine rings is 1. The standard InChI is InChI=1S/C5H7NO2/c7-5-4-3-8-2-1-6(4)5/h4H,1-3H2. The van der Waals surface area contributed by atoms with Gasteiger partial charge in [0, 0.05) is 6.54 Å². The Hall–Kier alpha value is -0.570. The highest BCUT2D eigenvalue weighted by atomic mass is 16.5. The number of rotatable bonds is 0. The first-order chi connectivity index (χ1) is 3.89. The summed E-state index contributed by atoms with van der Waals surface area (Å²) >= 11 is 0. The van der Waals surface area contributed by atoms with Gasteiger partial charge in [0.05, 0.1) is 13.2 Å². The van der Waals surface area contributed by atoms with E-state index in [4.69, 9.17) is 4.74 Å². The van der Waals surface area contributed by atoms with Crippen LogP contribution in [0.15, 0.2) is 0 Å². The Morgan fingerprint density at radius 3 is 3.12 bits per heavy atom. The molecule has 0 spiro atoms. The molecule has 8 heavy (non-hydrogen) atoms. The molecule has 1 unspecified atom stereocenters. The topological polar surface area (TPSA) is 29.3 Å². The lowest BCUT2D eigenvalue weighted by atomic mass is 10.5. The molecule has 1 atom stereocenters. The first kappa shape index (κ1) is 4.32. The van der Waals surface area contributed by atoms with E-state index in [-0.39, 0.29) is 11.9 Å². The second kappa shape index (κ2) is 1.23. The highest BCUT2D eigenvalue weighted by Crippen LogP contribution is 2.22. The van der Waals surface area contributed by atoms with Gasteiger partial charge in [-0.1, -0.05) is 0 Å². The third-order valence-corrected chi connectivity index (χ3v) is 1.63. The molecule has 3 heteroatoms. The predicted octanol–water partition coefficient (Wildman–Crippen LogP) is -0.773. The summed E-state index contributed by atoms with van der Waals surface area (Å²) in [6.07, 6.45) is 0. The Morgan fingerprint density at radius 1 is 1.75 bits per heavy atom. The zero-order chi connectivity index (χ0) is 5.56. The third kappa shape index (κ3) is 0.395. The summed E-state index contributed by atoms with van der Waals surface area (Å²) in [5.41, 5.74) is 0. The van der Waals surface area contributed by atoms with Crippen molar-refractivity contribution in [1.82, 2.24) is 4.90 Å². The first-order valence-electron chi connectivity index (χ1n) is 2.78. The lowest BCUT2D eigenvalue weighted by Crippen LogP contribution is -2.20. The van der Waals surface area contributed by atoms with Crippen LogP contribution < -0.4 is 0 Å². The molecule has 2 rings (SSSR count). The SMILES string of the molecule is O=C1C2COCCN12. The van der Waals surface area contributed by atoms with E-state index in [1.54, 1.807) is 0 Å². The molecule has 0 aromatic rings. The molecule has 2 heterocycles. The fraction of sp³-hybridized carbons (Fsp3) is 0.800. The Balaban J connectivity index is 2.07. The number of amides is 1. The Kier molecular flexibility index (Phi) is 0.663. The average molecular weight is 113 g/mol. The van der Waals surface area contributed by atoms with Crippen LogP contribution in [0.3, 0.4) is 0 Å². The smallest absolute Gasteiger partial charge is 0.248 e. The molecule has 0 N–H and O–H groups in total. The fourth-order valence-electron chi connectivity index (χ4n) is 1.04. The van der Waals surface area contributed by atoms with E-state index in [9.17, 15) is 4.79 Å². The lowest BCUT2D eigenvalue weighted by molar-refractivity contribution is -0.113. The summed E-state index contributed by atoms with van der Waals surface area (Å²) in [6.45, 7) is 2.16. The number of nitrogens with zero attached hydrogens (tertiary/aromatic N) is 1. The molecule has 2 saturated heterocycles. The molecule has 2 aliphatic rings. The van der Waals surface area contributed by atoms with Crippen molar-refractivity contribution in [3.05, 3.63) is 0 Å². The van der Waals surface area contributed by atoms with Crippen molar-refractivity contribution in [2.75, 3.05) is 19.8 Å². The van der Waals surface area contributed by atoms with Crippen molar-refractivity contribution in [3.63, 3.8) is 0 Å². The molecular weight excluding hydrogens is 106 g/mol. The maximum absolute atomic E-state index is 10.6. The number of hydrogen-bond donors (Lipinski definition) is 0. The summed E-state index contributed by atoms with van der Waals surface area (Å²) in [5.74, 6) is 0.266. The highest BCUT2D eigenvalue weighted by Gasteiger charge is 2.47. The quantitative estimate of drug-likeness (QED) is 0.386. The van der Waals surface area contributed by atoms with Crippen molar-refractivity contribution < 1.29 is 9.53 Å². The minimum Gasteiger partial charge on any atom is -0.377 e. The summed E-state index contributed by atoms with van der Waals surface area (Å²) in [6, 6.07) is 0.142. The van der Waals surface area contributed by atoms with Gasteiger partial charge in [0.1, 0.15) is 6.04 Å². The first-order valence-corrected chi connectivity index (χ1v) is 2.78. The largest absolute Gasteiger partial charge is 0.377 e. The minimum absolute atomic E-state index is 0.142. The van der Waals surface area contributed by atoms with E-state index < -0.39 is 0 Å². The van der Waals surface area contributed by atoms with Crippen molar-refractivity contribution in [2.24, 2.45) is 0 Å².